The Bertz CT molecular complexity index is 356. The molecule has 0 fully saturated rings. The first-order valence-electron chi connectivity index (χ1n) is 3.84. The van der Waals surface area contributed by atoms with Crippen molar-refractivity contribution >= 4 is 22.3 Å². The largest absolute Gasteiger partial charge is 0.387 e. The lowest BCUT2D eigenvalue weighted by atomic mass is 10.3. The maximum Gasteiger partial charge on any atom is 0.0965 e. The highest BCUT2D eigenvalue weighted by molar-refractivity contribution is 7.84. The third-order valence-electron chi connectivity index (χ3n) is 1.47. The number of aliphatic imine (C=N–C) groups is 1. The maximum absolute atomic E-state index is 11.2. The smallest absolute Gasteiger partial charge is 0.0965 e. The predicted octanol–water partition coefficient (Wildman–Crippen LogP) is 1.43. The highest BCUT2D eigenvalue weighted by Crippen LogP contribution is 2.21. The van der Waals surface area contributed by atoms with Gasteiger partial charge in [0.1, 0.15) is 0 Å². The summed E-state index contributed by atoms with van der Waals surface area (Å²) in [5.41, 5.74) is 6.13. The third-order valence-corrected chi connectivity index (χ3v) is 2.44. The lowest BCUT2D eigenvalue weighted by Crippen LogP contribution is -2.04. The highest BCUT2D eigenvalue weighted by Gasteiger charge is 2.02. The van der Waals surface area contributed by atoms with Gasteiger partial charge in [0, 0.05) is 6.26 Å². The molecule has 1 rings (SSSR count). The van der Waals surface area contributed by atoms with Gasteiger partial charge in [0.25, 0.3) is 0 Å². The van der Waals surface area contributed by atoms with Gasteiger partial charge in [-0.3, -0.25) is 4.21 Å². The first-order chi connectivity index (χ1) is 6.11. The molecule has 1 aromatic carbocycles. The van der Waals surface area contributed by atoms with Gasteiger partial charge in [0.05, 0.1) is 27.2 Å². The zero-order chi connectivity index (χ0) is 9.84. The second kappa shape index (κ2) is 4.18. The zero-order valence-corrected chi connectivity index (χ0v) is 8.47. The summed E-state index contributed by atoms with van der Waals surface area (Å²) in [4.78, 5) is 4.80. The van der Waals surface area contributed by atoms with Crippen molar-refractivity contribution in [2.45, 2.75) is 11.8 Å². The van der Waals surface area contributed by atoms with Crippen LogP contribution < -0.4 is 5.73 Å². The molecule has 0 bridgehead atoms. The van der Waals surface area contributed by atoms with Crippen molar-refractivity contribution < 1.29 is 4.21 Å². The molecule has 0 saturated heterocycles. The first-order valence-corrected chi connectivity index (χ1v) is 5.40. The van der Waals surface area contributed by atoms with Crippen molar-refractivity contribution in [1.29, 1.82) is 0 Å². The van der Waals surface area contributed by atoms with Gasteiger partial charge < -0.3 is 5.73 Å². The molecule has 0 aliphatic heterocycles. The number of hydrogen-bond acceptors (Lipinski definition) is 2. The summed E-state index contributed by atoms with van der Waals surface area (Å²) in [7, 11) is -1.02. The molecule has 0 aliphatic carbocycles. The van der Waals surface area contributed by atoms with Crippen LogP contribution in [0, 0.1) is 0 Å². The van der Waals surface area contributed by atoms with Crippen molar-refractivity contribution in [3.63, 3.8) is 0 Å². The molecular formula is C9H12N2OS. The van der Waals surface area contributed by atoms with Gasteiger partial charge in [0.15, 0.2) is 0 Å². The number of benzene rings is 1. The van der Waals surface area contributed by atoms with Crippen LogP contribution in [0.25, 0.3) is 0 Å². The molecule has 0 aliphatic rings. The lowest BCUT2D eigenvalue weighted by Gasteiger charge is -2.01. The van der Waals surface area contributed by atoms with Crippen LogP contribution in [-0.2, 0) is 10.8 Å². The van der Waals surface area contributed by atoms with E-state index in [1.54, 1.807) is 25.3 Å². The van der Waals surface area contributed by atoms with Crippen LogP contribution in [-0.4, -0.2) is 16.3 Å². The summed E-state index contributed by atoms with van der Waals surface area (Å²) in [5, 5.41) is 0. The molecule has 1 unspecified atom stereocenters. The van der Waals surface area contributed by atoms with E-state index in [-0.39, 0.29) is 0 Å². The van der Waals surface area contributed by atoms with E-state index in [9.17, 15) is 4.21 Å². The first kappa shape index (κ1) is 9.92. The fraction of sp³-hybridized carbons (Fsp3) is 0.222. The van der Waals surface area contributed by atoms with Gasteiger partial charge in [0.2, 0.25) is 0 Å². The monoisotopic (exact) mass is 196 g/mol. The molecule has 3 nitrogen and oxygen atoms in total. The van der Waals surface area contributed by atoms with Crippen molar-refractivity contribution in [3.05, 3.63) is 24.3 Å². The molecule has 13 heavy (non-hydrogen) atoms. The number of para-hydroxylation sites is 1. The van der Waals surface area contributed by atoms with Crippen molar-refractivity contribution in [2.24, 2.45) is 10.7 Å². The fourth-order valence-electron chi connectivity index (χ4n) is 0.983. The summed E-state index contributed by atoms with van der Waals surface area (Å²) in [5.74, 6) is 0.470. The van der Waals surface area contributed by atoms with Crippen LogP contribution in [0.15, 0.2) is 34.2 Å². The van der Waals surface area contributed by atoms with E-state index in [0.29, 0.717) is 16.4 Å². The Morgan fingerprint density at radius 1 is 1.46 bits per heavy atom. The van der Waals surface area contributed by atoms with Gasteiger partial charge in [-0.25, -0.2) is 4.99 Å². The summed E-state index contributed by atoms with van der Waals surface area (Å²) in [6.45, 7) is 1.70. The minimum absolute atomic E-state index is 0.470. The molecule has 0 radical (unpaired) electrons. The Morgan fingerprint density at radius 2 is 2.08 bits per heavy atom. The van der Waals surface area contributed by atoms with E-state index in [1.165, 1.54) is 0 Å². The quantitative estimate of drug-likeness (QED) is 0.574. The number of nitrogens with two attached hydrogens (primary N) is 1. The number of rotatable bonds is 2. The van der Waals surface area contributed by atoms with Gasteiger partial charge in [-0.1, -0.05) is 12.1 Å². The van der Waals surface area contributed by atoms with E-state index in [2.05, 4.69) is 4.99 Å². The molecule has 0 saturated carbocycles. The van der Waals surface area contributed by atoms with E-state index >= 15 is 0 Å². The molecule has 1 aromatic rings. The van der Waals surface area contributed by atoms with Gasteiger partial charge in [-0.05, 0) is 19.1 Å². The second-order valence-corrected chi connectivity index (χ2v) is 4.02. The molecule has 0 heterocycles. The molecule has 2 N–H and O–H groups in total. The number of hydrogen-bond donors (Lipinski definition) is 1. The molecule has 0 spiro atoms. The lowest BCUT2D eigenvalue weighted by molar-refractivity contribution is 0.687. The van der Waals surface area contributed by atoms with Crippen LogP contribution in [0.4, 0.5) is 5.69 Å². The molecule has 70 valence electrons. The van der Waals surface area contributed by atoms with Crippen molar-refractivity contribution in [1.82, 2.24) is 0 Å². The van der Waals surface area contributed by atoms with Crippen molar-refractivity contribution in [3.8, 4) is 0 Å². The fourth-order valence-corrected chi connectivity index (χ4v) is 1.66. The summed E-state index contributed by atoms with van der Waals surface area (Å²) < 4.78 is 11.2. The molecular weight excluding hydrogens is 184 g/mol. The van der Waals surface area contributed by atoms with Crippen molar-refractivity contribution in [2.75, 3.05) is 6.26 Å². The maximum atomic E-state index is 11.2. The van der Waals surface area contributed by atoms with Crippen LogP contribution in [0.5, 0.6) is 0 Å². The third kappa shape index (κ3) is 2.66. The predicted molar refractivity (Wildman–Crippen MR) is 55.7 cm³/mol. The van der Waals surface area contributed by atoms with E-state index in [4.69, 9.17) is 5.73 Å². The zero-order valence-electron chi connectivity index (χ0n) is 7.65. The second-order valence-electron chi connectivity index (χ2n) is 2.68. The van der Waals surface area contributed by atoms with Crippen LogP contribution in [0.3, 0.4) is 0 Å². The standard InChI is InChI=1S/C9H12N2OS/c1-7(10)11-8-5-3-4-6-9(8)13(2)12/h3-6H,1-2H3,(H2,10,11). The Hall–Kier alpha value is -1.16. The minimum Gasteiger partial charge on any atom is -0.387 e. The Kier molecular flexibility index (Phi) is 3.19. The van der Waals surface area contributed by atoms with E-state index in [0.717, 1.165) is 0 Å². The summed E-state index contributed by atoms with van der Waals surface area (Å²) in [6, 6.07) is 7.27. The highest BCUT2D eigenvalue weighted by atomic mass is 32.2. The average Bonchev–Trinajstić information content (AvgIpc) is 2.03. The molecule has 1 atom stereocenters. The average molecular weight is 196 g/mol. The number of nitrogens with zero attached hydrogens (tertiary/aromatic N) is 1. The Morgan fingerprint density at radius 3 is 2.62 bits per heavy atom. The van der Waals surface area contributed by atoms with E-state index < -0.39 is 10.8 Å². The van der Waals surface area contributed by atoms with Gasteiger partial charge in [-0.15, -0.1) is 0 Å². The molecule has 4 heteroatoms. The topological polar surface area (TPSA) is 55.4 Å². The van der Waals surface area contributed by atoms with Crippen LogP contribution in [0.1, 0.15) is 6.92 Å². The summed E-state index contributed by atoms with van der Waals surface area (Å²) in [6.07, 6.45) is 1.63. The van der Waals surface area contributed by atoms with Crippen LogP contribution in [0.2, 0.25) is 0 Å². The van der Waals surface area contributed by atoms with Gasteiger partial charge in [-0.2, -0.15) is 0 Å². The molecule has 0 aromatic heterocycles. The summed E-state index contributed by atoms with van der Waals surface area (Å²) >= 11 is 0. The van der Waals surface area contributed by atoms with Gasteiger partial charge >= 0.3 is 0 Å². The Labute approximate surface area is 80.1 Å². The molecule has 0 amide bonds. The minimum atomic E-state index is -1.02. The Balaban J connectivity index is 3.20. The number of amidine groups is 1. The SMILES string of the molecule is CC(N)=Nc1ccccc1S(C)=O. The van der Waals surface area contributed by atoms with Crippen LogP contribution >= 0.6 is 0 Å². The normalized spacial score (nSPS) is 14.2. The van der Waals surface area contributed by atoms with E-state index in [1.807, 2.05) is 12.1 Å².